The summed E-state index contributed by atoms with van der Waals surface area (Å²) in [5.74, 6) is -6.33. The molecule has 10 bridgehead atoms. The van der Waals surface area contributed by atoms with Crippen molar-refractivity contribution in [2.24, 2.45) is 47.3 Å². The maximum absolute atomic E-state index is 13.7. The molecular formula is C44H58O13. The molecule has 312 valence electrons. The molecule has 57 heavy (non-hydrogen) atoms. The number of ether oxygens (including phenoxy) is 6. The average Bonchev–Trinajstić information content (AvgIpc) is 3.72. The molecule has 13 heteroatoms. The fourth-order valence-electron chi connectivity index (χ4n) is 13.0. The maximum Gasteiger partial charge on any atom is 0.331 e. The summed E-state index contributed by atoms with van der Waals surface area (Å²) < 4.78 is 39.5. The van der Waals surface area contributed by atoms with Crippen LogP contribution in [0.2, 0.25) is 0 Å². The van der Waals surface area contributed by atoms with Crippen molar-refractivity contribution in [2.75, 3.05) is 6.61 Å². The number of carbonyl (C=O) groups excluding carboxylic acids is 2. The summed E-state index contributed by atoms with van der Waals surface area (Å²) in [7, 11) is 0. The second-order valence-corrected chi connectivity index (χ2v) is 19.3. The van der Waals surface area contributed by atoms with E-state index in [1.807, 2.05) is 45.9 Å². The number of carbonyl (C=O) groups is 2. The Morgan fingerprint density at radius 1 is 0.965 bits per heavy atom. The zero-order valence-electron chi connectivity index (χ0n) is 33.5. The van der Waals surface area contributed by atoms with Crippen molar-refractivity contribution in [1.82, 2.24) is 0 Å². The minimum atomic E-state index is -2.21. The molecule has 0 amide bonds. The summed E-state index contributed by atoms with van der Waals surface area (Å²) in [6.07, 6.45) is 1.15. The molecule has 8 fully saturated rings. The van der Waals surface area contributed by atoms with Gasteiger partial charge in [-0.1, -0.05) is 77.1 Å². The number of hydrogen-bond donors (Lipinski definition) is 5. The second-order valence-electron chi connectivity index (χ2n) is 19.3. The number of aliphatic hydroxyl groups is 5. The molecule has 0 unspecified atom stereocenters. The van der Waals surface area contributed by atoms with Crippen LogP contribution < -0.4 is 0 Å². The molecule has 5 heterocycles. The van der Waals surface area contributed by atoms with Gasteiger partial charge in [-0.2, -0.15) is 0 Å². The maximum atomic E-state index is 13.7. The van der Waals surface area contributed by atoms with Gasteiger partial charge in [-0.15, -0.1) is 0 Å². The zero-order valence-corrected chi connectivity index (χ0v) is 33.5. The van der Waals surface area contributed by atoms with Crippen molar-refractivity contribution in [2.45, 2.75) is 144 Å². The molecule has 5 aliphatic heterocycles. The molecule has 1 aromatic carbocycles. The van der Waals surface area contributed by atoms with Crippen LogP contribution in [0.15, 0.2) is 54.6 Å². The van der Waals surface area contributed by atoms with Crippen LogP contribution in [0.3, 0.4) is 0 Å². The van der Waals surface area contributed by atoms with E-state index in [-0.39, 0.29) is 48.9 Å². The Labute approximate surface area is 333 Å². The highest BCUT2D eigenvalue weighted by Crippen LogP contribution is 2.75. The van der Waals surface area contributed by atoms with Crippen LogP contribution in [-0.2, 0) is 44.0 Å². The van der Waals surface area contributed by atoms with Gasteiger partial charge in [0.15, 0.2) is 0 Å². The van der Waals surface area contributed by atoms with E-state index in [1.165, 1.54) is 12.2 Å². The van der Waals surface area contributed by atoms with E-state index < -0.39 is 107 Å². The summed E-state index contributed by atoms with van der Waals surface area (Å²) in [6, 6.07) is 9.04. The quantitative estimate of drug-likeness (QED) is 0.216. The molecule has 5 N–H and O–H groups in total. The van der Waals surface area contributed by atoms with Gasteiger partial charge in [0.2, 0.25) is 0 Å². The molecule has 19 atom stereocenters. The van der Waals surface area contributed by atoms with E-state index in [0.717, 1.165) is 0 Å². The topological polar surface area (TPSA) is 194 Å². The molecule has 10 rings (SSSR count). The van der Waals surface area contributed by atoms with Crippen LogP contribution in [0.4, 0.5) is 0 Å². The number of rotatable bonds is 5. The molecule has 0 radical (unpaired) electrons. The third-order valence-corrected chi connectivity index (χ3v) is 15.8. The van der Waals surface area contributed by atoms with Gasteiger partial charge in [0.05, 0.1) is 17.8 Å². The number of aliphatic hydroxyl groups excluding tert-OH is 2. The summed E-state index contributed by atoms with van der Waals surface area (Å²) in [5, 5.41) is 63.3. The van der Waals surface area contributed by atoms with Crippen LogP contribution in [0.5, 0.6) is 0 Å². The van der Waals surface area contributed by atoms with Crippen molar-refractivity contribution in [1.29, 1.82) is 0 Å². The van der Waals surface area contributed by atoms with E-state index >= 15 is 0 Å². The Balaban J connectivity index is 1.22. The lowest BCUT2D eigenvalue weighted by Crippen LogP contribution is -2.89. The van der Waals surface area contributed by atoms with Crippen LogP contribution in [-0.4, -0.2) is 109 Å². The monoisotopic (exact) mass is 794 g/mol. The van der Waals surface area contributed by atoms with E-state index in [1.54, 1.807) is 31.2 Å². The standard InChI is InChI=1S/C44H58O13/c1-22(2)18-32(47)52-29-14-10-11-15-31(46)53-34-23(3)19-30-41(34,50)38(48)40(21-45)36(54-40)33-37-43(51,39(6,49)20-26-16-17-28(29)24(26)4)35-25(5)42(30,33)57-44(55-35,56-37)27-12-8-7-9-13-27/h7-15,22-26,28-30,33-38,45,48-51H,16-21H2,1-6H3/b14-10-,15-11-/t23-,24-,25+,26+,28+,29-,30+,33+,34-,35-,36+,37-,38-,39+,40+,41+,42+,43-,44-/m0/s1. The molecular weight excluding hydrogens is 736 g/mol. The highest BCUT2D eigenvalue weighted by Gasteiger charge is 2.91. The number of epoxide rings is 1. The third kappa shape index (κ3) is 5.26. The predicted octanol–water partition coefficient (Wildman–Crippen LogP) is 3.04. The van der Waals surface area contributed by atoms with Gasteiger partial charge < -0.3 is 54.0 Å². The first-order valence-electron chi connectivity index (χ1n) is 20.9. The van der Waals surface area contributed by atoms with Gasteiger partial charge in [-0.05, 0) is 62.4 Å². The Morgan fingerprint density at radius 2 is 1.68 bits per heavy atom. The average molecular weight is 795 g/mol. The first-order valence-corrected chi connectivity index (χ1v) is 20.9. The van der Waals surface area contributed by atoms with Crippen molar-refractivity contribution < 1.29 is 63.5 Å². The fourth-order valence-corrected chi connectivity index (χ4v) is 13.0. The molecule has 4 saturated carbocycles. The fraction of sp³-hybridized carbons (Fsp3) is 0.727. The molecule has 4 saturated heterocycles. The van der Waals surface area contributed by atoms with Crippen LogP contribution in [0, 0.1) is 47.3 Å². The second kappa shape index (κ2) is 13.1. The molecule has 1 spiro atoms. The van der Waals surface area contributed by atoms with Crippen LogP contribution >= 0.6 is 0 Å². The summed E-state index contributed by atoms with van der Waals surface area (Å²) in [4.78, 5) is 26.7. The Bertz CT molecular complexity index is 1830. The van der Waals surface area contributed by atoms with Gasteiger partial charge >= 0.3 is 17.9 Å². The van der Waals surface area contributed by atoms with Gasteiger partial charge in [0, 0.05) is 41.7 Å². The number of hydrogen-bond acceptors (Lipinski definition) is 13. The van der Waals surface area contributed by atoms with Crippen molar-refractivity contribution in [3.8, 4) is 0 Å². The Morgan fingerprint density at radius 3 is 2.39 bits per heavy atom. The third-order valence-electron chi connectivity index (χ3n) is 15.8. The van der Waals surface area contributed by atoms with Gasteiger partial charge in [-0.25, -0.2) is 4.79 Å². The first kappa shape index (κ1) is 39.7. The van der Waals surface area contributed by atoms with Crippen molar-refractivity contribution in [3.63, 3.8) is 0 Å². The minimum Gasteiger partial charge on any atom is -0.458 e. The van der Waals surface area contributed by atoms with Crippen molar-refractivity contribution >= 4 is 11.9 Å². The first-order chi connectivity index (χ1) is 26.9. The van der Waals surface area contributed by atoms with Crippen molar-refractivity contribution in [3.05, 3.63) is 60.2 Å². The summed E-state index contributed by atoms with van der Waals surface area (Å²) in [5.41, 5.74) is -8.82. The minimum absolute atomic E-state index is 0.0620. The predicted molar refractivity (Wildman–Crippen MR) is 200 cm³/mol. The summed E-state index contributed by atoms with van der Waals surface area (Å²) >= 11 is 0. The highest BCUT2D eigenvalue weighted by atomic mass is 16.9. The number of allylic oxidation sites excluding steroid dienone is 2. The van der Waals surface area contributed by atoms with E-state index in [0.29, 0.717) is 18.4 Å². The Hall–Kier alpha value is -2.72. The largest absolute Gasteiger partial charge is 0.458 e. The lowest BCUT2D eigenvalue weighted by molar-refractivity contribution is -0.595. The van der Waals surface area contributed by atoms with E-state index in [2.05, 4.69) is 6.92 Å². The lowest BCUT2D eigenvalue weighted by atomic mass is 9.49. The van der Waals surface area contributed by atoms with Crippen LogP contribution in [0.25, 0.3) is 0 Å². The molecule has 1 aromatic rings. The van der Waals surface area contributed by atoms with E-state index in [9.17, 15) is 35.1 Å². The van der Waals surface area contributed by atoms with E-state index in [4.69, 9.17) is 28.4 Å². The SMILES string of the molecule is CC(C)CC(=O)O[C@H]1/C=C\C=C/C(=O)O[C@H]2[C@@H](C)C[C@@H]3[C@]2(O)[C@@H](O)[C@]2(CO)O[C@@H]2[C@@H]2[C@@H]4O[C@]5(c6ccccc6)O[C@@H]([C@@H](C)[C@]23O5)[C@@]4(O)[C@](C)(O)C[C@H]2CC[C@@H]1[C@H]2C. The smallest absolute Gasteiger partial charge is 0.331 e. The molecule has 4 aliphatic carbocycles. The summed E-state index contributed by atoms with van der Waals surface area (Å²) in [6.45, 7) is 10.6. The van der Waals surface area contributed by atoms with Gasteiger partial charge in [0.1, 0.15) is 53.4 Å². The number of benzene rings is 1. The molecule has 0 aromatic heterocycles. The number of fused-ring (bicyclic) bond motifs is 3. The zero-order chi connectivity index (χ0) is 40.7. The molecule has 13 nitrogen and oxygen atoms in total. The highest BCUT2D eigenvalue weighted by molar-refractivity contribution is 5.82. The number of esters is 2. The normalized spacial score (nSPS) is 54.4. The molecule has 9 aliphatic rings. The lowest BCUT2D eigenvalue weighted by Gasteiger charge is -2.74. The van der Waals surface area contributed by atoms with Crippen LogP contribution in [0.1, 0.15) is 79.2 Å². The van der Waals surface area contributed by atoms with Gasteiger partial charge in [-0.3, -0.25) is 4.79 Å². The van der Waals surface area contributed by atoms with Gasteiger partial charge in [0.25, 0.3) is 0 Å². The Kier molecular flexibility index (Phi) is 9.16.